The number of phenols is 1. The zero-order valence-electron chi connectivity index (χ0n) is 8.59. The highest BCUT2D eigenvalue weighted by molar-refractivity contribution is 5.53. The van der Waals surface area contributed by atoms with Gasteiger partial charge in [-0.15, -0.1) is 0 Å². The number of rotatable bonds is 2. The number of phenolic OH excluding ortho intramolecular Hbond substituents is 1. The van der Waals surface area contributed by atoms with Gasteiger partial charge < -0.3 is 9.84 Å². The number of hydrogen-bond acceptors (Lipinski definition) is 3. The Morgan fingerprint density at radius 2 is 2.14 bits per heavy atom. The average molecular weight is 191 g/mol. The van der Waals surface area contributed by atoms with Crippen LogP contribution in [0.4, 0.5) is 0 Å². The minimum Gasteiger partial charge on any atom is -0.507 e. The van der Waals surface area contributed by atoms with E-state index in [9.17, 15) is 5.11 Å². The van der Waals surface area contributed by atoms with E-state index in [1.165, 1.54) is 0 Å². The second kappa shape index (κ2) is 4.01. The maximum atomic E-state index is 9.73. The zero-order valence-corrected chi connectivity index (χ0v) is 8.59. The second-order valence-electron chi connectivity index (χ2n) is 3.19. The number of hydrogen-bond donors (Lipinski definition) is 1. The molecule has 0 saturated carbocycles. The van der Waals surface area contributed by atoms with E-state index in [1.54, 1.807) is 20.1 Å². The summed E-state index contributed by atoms with van der Waals surface area (Å²) in [6, 6.07) is 3.80. The monoisotopic (exact) mass is 191 g/mol. The molecule has 0 fully saturated rings. The van der Waals surface area contributed by atoms with E-state index in [0.717, 1.165) is 5.56 Å². The Morgan fingerprint density at radius 3 is 2.64 bits per heavy atom. The smallest absolute Gasteiger partial charge is 0.128 e. The third kappa shape index (κ3) is 1.64. The summed E-state index contributed by atoms with van der Waals surface area (Å²) in [7, 11) is 1.57. The van der Waals surface area contributed by atoms with Crippen molar-refractivity contribution >= 4 is 0 Å². The number of methoxy groups -OCH3 is 1. The van der Waals surface area contributed by atoms with Crippen molar-refractivity contribution in [1.82, 2.24) is 0 Å². The first-order valence-electron chi connectivity index (χ1n) is 4.34. The van der Waals surface area contributed by atoms with Gasteiger partial charge in [0.1, 0.15) is 11.5 Å². The predicted octanol–water partition coefficient (Wildman–Crippen LogP) is 2.08. The highest BCUT2D eigenvalue weighted by Gasteiger charge is 2.12. The third-order valence-electron chi connectivity index (χ3n) is 2.22. The molecule has 1 N–H and O–H groups in total. The lowest BCUT2D eigenvalue weighted by molar-refractivity contribution is 0.398. The lowest BCUT2D eigenvalue weighted by atomic mass is 10.0. The number of aryl methyl sites for hydroxylation is 1. The van der Waals surface area contributed by atoms with Crippen LogP contribution < -0.4 is 4.74 Å². The van der Waals surface area contributed by atoms with Crippen molar-refractivity contribution in [1.29, 1.82) is 5.26 Å². The first kappa shape index (κ1) is 10.4. The molecule has 0 bridgehead atoms. The molecule has 1 aromatic carbocycles. The fraction of sp³-hybridized carbons (Fsp3) is 0.364. The maximum absolute atomic E-state index is 9.73. The molecule has 0 spiro atoms. The number of nitrogens with zero attached hydrogens (tertiary/aromatic N) is 1. The summed E-state index contributed by atoms with van der Waals surface area (Å²) < 4.78 is 5.15. The van der Waals surface area contributed by atoms with E-state index in [0.29, 0.717) is 16.9 Å². The molecule has 0 aliphatic rings. The van der Waals surface area contributed by atoms with Crippen LogP contribution in [0.3, 0.4) is 0 Å². The summed E-state index contributed by atoms with van der Waals surface area (Å²) in [6.45, 7) is 3.67. The van der Waals surface area contributed by atoms with Gasteiger partial charge in [0, 0.05) is 11.1 Å². The van der Waals surface area contributed by atoms with E-state index < -0.39 is 0 Å². The van der Waals surface area contributed by atoms with E-state index in [4.69, 9.17) is 10.00 Å². The Morgan fingerprint density at radius 1 is 1.50 bits per heavy atom. The van der Waals surface area contributed by atoms with E-state index in [2.05, 4.69) is 0 Å². The van der Waals surface area contributed by atoms with Gasteiger partial charge in [0.2, 0.25) is 0 Å². The van der Waals surface area contributed by atoms with Crippen LogP contribution in [0.2, 0.25) is 0 Å². The summed E-state index contributed by atoms with van der Waals surface area (Å²) >= 11 is 0. The largest absolute Gasteiger partial charge is 0.507 e. The van der Waals surface area contributed by atoms with Gasteiger partial charge in [0.15, 0.2) is 0 Å². The number of ether oxygens (including phenoxy) is 1. The van der Waals surface area contributed by atoms with E-state index >= 15 is 0 Å². The molecular formula is C11H13NO2. The third-order valence-corrected chi connectivity index (χ3v) is 2.22. The average Bonchev–Trinajstić information content (AvgIpc) is 2.15. The zero-order chi connectivity index (χ0) is 10.7. The second-order valence-corrected chi connectivity index (χ2v) is 3.19. The number of benzene rings is 1. The molecule has 0 aliphatic carbocycles. The molecule has 0 radical (unpaired) electrons. The lowest BCUT2D eigenvalue weighted by Crippen LogP contribution is -1.95. The fourth-order valence-electron chi connectivity index (χ4n) is 1.57. The molecule has 0 heterocycles. The van der Waals surface area contributed by atoms with Gasteiger partial charge >= 0.3 is 0 Å². The minimum atomic E-state index is 0.161. The highest BCUT2D eigenvalue weighted by atomic mass is 16.5. The SMILES string of the molecule is COc1c(C)cc(CC#N)c(O)c1C. The lowest BCUT2D eigenvalue weighted by Gasteiger charge is -2.12. The predicted molar refractivity (Wildman–Crippen MR) is 53.4 cm³/mol. The van der Waals surface area contributed by atoms with Gasteiger partial charge in [-0.1, -0.05) is 0 Å². The van der Waals surface area contributed by atoms with Gasteiger partial charge in [-0.25, -0.2) is 0 Å². The molecule has 0 unspecified atom stereocenters. The Hall–Kier alpha value is -1.69. The first-order chi connectivity index (χ1) is 6.61. The Balaban J connectivity index is 3.34. The molecular weight excluding hydrogens is 178 g/mol. The van der Waals surface area contributed by atoms with Crippen molar-refractivity contribution in [3.63, 3.8) is 0 Å². The van der Waals surface area contributed by atoms with Crippen molar-refractivity contribution in [3.8, 4) is 17.6 Å². The van der Waals surface area contributed by atoms with Crippen LogP contribution in [0.25, 0.3) is 0 Å². The standard InChI is InChI=1S/C11H13NO2/c1-7-6-9(4-5-12)10(13)8(2)11(7)14-3/h6,13H,4H2,1-3H3. The van der Waals surface area contributed by atoms with Crippen LogP contribution in [-0.2, 0) is 6.42 Å². The molecule has 3 heteroatoms. The Bertz CT molecular complexity index is 391. The maximum Gasteiger partial charge on any atom is 0.128 e. The summed E-state index contributed by atoms with van der Waals surface area (Å²) in [5.41, 5.74) is 2.29. The summed E-state index contributed by atoms with van der Waals surface area (Å²) in [4.78, 5) is 0. The van der Waals surface area contributed by atoms with E-state index in [1.807, 2.05) is 13.0 Å². The molecule has 74 valence electrons. The molecule has 0 saturated heterocycles. The van der Waals surface area contributed by atoms with Crippen molar-refractivity contribution in [2.75, 3.05) is 7.11 Å². The van der Waals surface area contributed by atoms with Gasteiger partial charge in [-0.05, 0) is 25.5 Å². The van der Waals surface area contributed by atoms with Gasteiger partial charge in [-0.2, -0.15) is 5.26 Å². The summed E-state index contributed by atoms with van der Waals surface area (Å²) in [5, 5.41) is 18.3. The number of nitriles is 1. The van der Waals surface area contributed by atoms with Crippen LogP contribution in [0.1, 0.15) is 16.7 Å². The van der Waals surface area contributed by atoms with Gasteiger partial charge in [0.25, 0.3) is 0 Å². The summed E-state index contributed by atoms with van der Waals surface area (Å²) in [6.07, 6.45) is 0.220. The Labute approximate surface area is 83.6 Å². The van der Waals surface area contributed by atoms with Crippen molar-refractivity contribution < 1.29 is 9.84 Å². The molecule has 14 heavy (non-hydrogen) atoms. The van der Waals surface area contributed by atoms with Crippen LogP contribution in [0.5, 0.6) is 11.5 Å². The molecule has 0 atom stereocenters. The van der Waals surface area contributed by atoms with Crippen molar-refractivity contribution in [2.45, 2.75) is 20.3 Å². The molecule has 0 aliphatic heterocycles. The van der Waals surface area contributed by atoms with Crippen LogP contribution >= 0.6 is 0 Å². The highest BCUT2D eigenvalue weighted by Crippen LogP contribution is 2.33. The summed E-state index contributed by atoms with van der Waals surface area (Å²) in [5.74, 6) is 0.846. The van der Waals surface area contributed by atoms with Crippen LogP contribution in [0.15, 0.2) is 6.07 Å². The molecule has 0 aromatic heterocycles. The van der Waals surface area contributed by atoms with Crippen LogP contribution in [-0.4, -0.2) is 12.2 Å². The van der Waals surface area contributed by atoms with Crippen molar-refractivity contribution in [3.05, 3.63) is 22.8 Å². The number of aromatic hydroxyl groups is 1. The topological polar surface area (TPSA) is 53.2 Å². The Kier molecular flexibility index (Phi) is 2.98. The normalized spacial score (nSPS) is 9.57. The molecule has 1 rings (SSSR count). The minimum absolute atomic E-state index is 0.161. The molecule has 3 nitrogen and oxygen atoms in total. The van der Waals surface area contributed by atoms with Crippen LogP contribution in [0, 0.1) is 25.2 Å². The molecule has 1 aromatic rings. The quantitative estimate of drug-likeness (QED) is 0.778. The van der Waals surface area contributed by atoms with E-state index in [-0.39, 0.29) is 12.2 Å². The van der Waals surface area contributed by atoms with Crippen molar-refractivity contribution in [2.24, 2.45) is 0 Å². The fourth-order valence-corrected chi connectivity index (χ4v) is 1.57. The van der Waals surface area contributed by atoms with Gasteiger partial charge in [0.05, 0.1) is 19.6 Å². The first-order valence-corrected chi connectivity index (χ1v) is 4.34. The van der Waals surface area contributed by atoms with Gasteiger partial charge in [-0.3, -0.25) is 0 Å². The molecule has 0 amide bonds.